The van der Waals surface area contributed by atoms with Gasteiger partial charge in [0, 0.05) is 29.1 Å². The van der Waals surface area contributed by atoms with Gasteiger partial charge in [-0.1, -0.05) is 11.6 Å². The molecular weight excluding hydrogens is 274 g/mol. The number of benzene rings is 1. The van der Waals surface area contributed by atoms with Gasteiger partial charge in [0.2, 0.25) is 0 Å². The highest BCUT2D eigenvalue weighted by Crippen LogP contribution is 2.42. The highest BCUT2D eigenvalue weighted by Gasteiger charge is 2.27. The molecule has 2 fully saturated rings. The number of hydrogen-bond donors (Lipinski definition) is 1. The molecule has 1 unspecified atom stereocenters. The van der Waals surface area contributed by atoms with Crippen LogP contribution in [0.3, 0.4) is 0 Å². The van der Waals surface area contributed by atoms with Gasteiger partial charge in [-0.3, -0.25) is 0 Å². The number of rotatable bonds is 4. The molecule has 20 heavy (non-hydrogen) atoms. The lowest BCUT2D eigenvalue weighted by atomic mass is 9.90. The first kappa shape index (κ1) is 14.0. The van der Waals surface area contributed by atoms with Crippen molar-refractivity contribution in [2.24, 2.45) is 0 Å². The van der Waals surface area contributed by atoms with Gasteiger partial charge in [0.15, 0.2) is 11.5 Å². The van der Waals surface area contributed by atoms with Crippen molar-refractivity contribution in [3.05, 3.63) is 22.7 Å². The summed E-state index contributed by atoms with van der Waals surface area (Å²) in [6, 6.07) is 3.91. The Hall–Kier alpha value is -0.930. The summed E-state index contributed by atoms with van der Waals surface area (Å²) in [6.45, 7) is 2.09. The maximum Gasteiger partial charge on any atom is 0.165 e. The third kappa shape index (κ3) is 2.89. The fourth-order valence-electron chi connectivity index (χ4n) is 2.94. The Morgan fingerprint density at radius 3 is 2.65 bits per heavy atom. The van der Waals surface area contributed by atoms with E-state index in [1.165, 1.54) is 24.8 Å². The van der Waals surface area contributed by atoms with Crippen molar-refractivity contribution < 1.29 is 9.47 Å². The van der Waals surface area contributed by atoms with Gasteiger partial charge in [0.05, 0.1) is 13.2 Å². The van der Waals surface area contributed by atoms with Crippen LogP contribution in [-0.4, -0.2) is 26.3 Å². The summed E-state index contributed by atoms with van der Waals surface area (Å²) in [5.74, 6) is 2.15. The van der Waals surface area contributed by atoms with Gasteiger partial charge in [-0.15, -0.1) is 0 Å². The van der Waals surface area contributed by atoms with E-state index < -0.39 is 0 Å². The molecule has 1 aromatic carbocycles. The van der Waals surface area contributed by atoms with Crippen molar-refractivity contribution in [2.45, 2.75) is 44.1 Å². The van der Waals surface area contributed by atoms with Crippen molar-refractivity contribution >= 4 is 11.6 Å². The smallest absolute Gasteiger partial charge is 0.165 e. The molecule has 1 saturated heterocycles. The summed E-state index contributed by atoms with van der Waals surface area (Å²) in [5.41, 5.74) is 1.20. The second-order valence-electron chi connectivity index (χ2n) is 5.74. The minimum atomic E-state index is 0.348. The maximum absolute atomic E-state index is 6.25. The first-order valence-corrected chi connectivity index (χ1v) is 7.90. The average Bonchev–Trinajstić information content (AvgIpc) is 2.44. The van der Waals surface area contributed by atoms with Crippen molar-refractivity contribution in [3.8, 4) is 11.5 Å². The normalized spacial score (nSPS) is 23.2. The lowest BCUT2D eigenvalue weighted by Gasteiger charge is -2.31. The van der Waals surface area contributed by atoms with Crippen LogP contribution < -0.4 is 14.8 Å². The summed E-state index contributed by atoms with van der Waals surface area (Å²) < 4.78 is 11.7. The summed E-state index contributed by atoms with van der Waals surface area (Å²) in [4.78, 5) is 0. The van der Waals surface area contributed by atoms with Gasteiger partial charge in [-0.2, -0.15) is 0 Å². The number of halogens is 1. The summed E-state index contributed by atoms with van der Waals surface area (Å²) in [6.07, 6.45) is 6.28. The fraction of sp³-hybridized carbons (Fsp3) is 0.625. The zero-order chi connectivity index (χ0) is 13.9. The molecule has 3 rings (SSSR count). The van der Waals surface area contributed by atoms with Crippen molar-refractivity contribution in [1.29, 1.82) is 0 Å². The van der Waals surface area contributed by atoms with Crippen molar-refractivity contribution in [3.63, 3.8) is 0 Å². The molecule has 2 aliphatic rings. The molecule has 0 radical (unpaired) electrons. The number of piperidine rings is 1. The molecule has 1 aliphatic carbocycles. The highest BCUT2D eigenvalue weighted by molar-refractivity contribution is 6.30. The lowest BCUT2D eigenvalue weighted by molar-refractivity contribution is 0.114. The molecule has 1 saturated carbocycles. The number of methoxy groups -OCH3 is 1. The summed E-state index contributed by atoms with van der Waals surface area (Å²) in [5, 5.41) is 4.18. The van der Waals surface area contributed by atoms with Crippen LogP contribution in [0.15, 0.2) is 12.1 Å². The van der Waals surface area contributed by atoms with Gasteiger partial charge in [-0.25, -0.2) is 0 Å². The van der Waals surface area contributed by atoms with Gasteiger partial charge in [0.1, 0.15) is 0 Å². The molecule has 0 aromatic heterocycles. The molecule has 0 amide bonds. The third-order valence-electron chi connectivity index (χ3n) is 4.34. The average molecular weight is 296 g/mol. The molecule has 4 heteroatoms. The van der Waals surface area contributed by atoms with E-state index in [1.807, 2.05) is 6.07 Å². The molecule has 1 aromatic rings. The Kier molecular flexibility index (Phi) is 4.37. The van der Waals surface area contributed by atoms with Crippen LogP contribution in [0.4, 0.5) is 0 Å². The zero-order valence-corrected chi connectivity index (χ0v) is 12.7. The van der Waals surface area contributed by atoms with Gasteiger partial charge < -0.3 is 14.8 Å². The third-order valence-corrected chi connectivity index (χ3v) is 4.56. The van der Waals surface area contributed by atoms with Crippen molar-refractivity contribution in [1.82, 2.24) is 5.32 Å². The Balaban J connectivity index is 1.93. The van der Waals surface area contributed by atoms with E-state index in [0.29, 0.717) is 12.0 Å². The number of ether oxygens (including phenoxy) is 2. The van der Waals surface area contributed by atoms with Crippen LogP contribution in [0.1, 0.15) is 43.6 Å². The SMILES string of the molecule is COc1cc(Cl)cc(C2CCCNC2)c1OC1CCC1. The van der Waals surface area contributed by atoms with Crippen LogP contribution in [0.25, 0.3) is 0 Å². The van der Waals surface area contributed by atoms with E-state index in [2.05, 4.69) is 11.4 Å². The van der Waals surface area contributed by atoms with Crippen LogP contribution >= 0.6 is 11.6 Å². The molecule has 1 heterocycles. The first-order chi connectivity index (χ1) is 9.78. The van der Waals surface area contributed by atoms with Crippen LogP contribution in [0, 0.1) is 0 Å². The monoisotopic (exact) mass is 295 g/mol. The number of nitrogens with one attached hydrogen (secondary N) is 1. The predicted molar refractivity (Wildman–Crippen MR) is 81.1 cm³/mol. The standard InChI is InChI=1S/C16H22ClNO2/c1-19-15-9-12(17)8-14(11-4-3-7-18-10-11)16(15)20-13-5-2-6-13/h8-9,11,13,18H,2-7,10H2,1H3. The summed E-state index contributed by atoms with van der Waals surface area (Å²) >= 11 is 6.25. The first-order valence-electron chi connectivity index (χ1n) is 7.52. The van der Waals surface area contributed by atoms with Crippen LogP contribution in [-0.2, 0) is 0 Å². The molecule has 1 atom stereocenters. The molecule has 0 spiro atoms. The highest BCUT2D eigenvalue weighted by atomic mass is 35.5. The van der Waals surface area contributed by atoms with E-state index in [-0.39, 0.29) is 0 Å². The summed E-state index contributed by atoms with van der Waals surface area (Å²) in [7, 11) is 1.68. The van der Waals surface area contributed by atoms with E-state index in [0.717, 1.165) is 42.5 Å². The van der Waals surface area contributed by atoms with Crippen LogP contribution in [0.5, 0.6) is 11.5 Å². The molecule has 0 bridgehead atoms. The maximum atomic E-state index is 6.25. The van der Waals surface area contributed by atoms with E-state index in [9.17, 15) is 0 Å². The largest absolute Gasteiger partial charge is 0.493 e. The number of hydrogen-bond acceptors (Lipinski definition) is 3. The predicted octanol–water partition coefficient (Wildman–Crippen LogP) is 3.75. The fourth-order valence-corrected chi connectivity index (χ4v) is 3.16. The Morgan fingerprint density at radius 1 is 1.20 bits per heavy atom. The van der Waals surface area contributed by atoms with Gasteiger partial charge in [-0.05, 0) is 44.7 Å². The topological polar surface area (TPSA) is 30.5 Å². The van der Waals surface area contributed by atoms with E-state index in [1.54, 1.807) is 7.11 Å². The molecular formula is C16H22ClNO2. The minimum Gasteiger partial charge on any atom is -0.493 e. The van der Waals surface area contributed by atoms with Gasteiger partial charge in [0.25, 0.3) is 0 Å². The zero-order valence-electron chi connectivity index (χ0n) is 12.0. The lowest BCUT2D eigenvalue weighted by Crippen LogP contribution is -2.30. The minimum absolute atomic E-state index is 0.348. The molecule has 110 valence electrons. The quantitative estimate of drug-likeness (QED) is 0.918. The second kappa shape index (κ2) is 6.23. The Morgan fingerprint density at radius 2 is 2.05 bits per heavy atom. The Labute approximate surface area is 125 Å². The van der Waals surface area contributed by atoms with E-state index in [4.69, 9.17) is 21.1 Å². The van der Waals surface area contributed by atoms with E-state index >= 15 is 0 Å². The van der Waals surface area contributed by atoms with Crippen LogP contribution in [0.2, 0.25) is 5.02 Å². The molecule has 3 nitrogen and oxygen atoms in total. The van der Waals surface area contributed by atoms with Crippen molar-refractivity contribution in [2.75, 3.05) is 20.2 Å². The molecule has 1 N–H and O–H groups in total. The Bertz CT molecular complexity index is 468. The van der Waals surface area contributed by atoms with Gasteiger partial charge >= 0.3 is 0 Å². The second-order valence-corrected chi connectivity index (χ2v) is 6.18. The molecule has 1 aliphatic heterocycles.